The smallest absolute Gasteiger partial charge is 0.119 e. The van der Waals surface area contributed by atoms with Crippen LogP contribution in [-0.4, -0.2) is 22.9 Å². The summed E-state index contributed by atoms with van der Waals surface area (Å²) in [4.78, 5) is 0. The van der Waals surface area contributed by atoms with E-state index in [-0.39, 0.29) is 11.5 Å². The Morgan fingerprint density at radius 3 is 2.83 bits per heavy atom. The van der Waals surface area contributed by atoms with Crippen LogP contribution in [0.15, 0.2) is 12.1 Å². The third-order valence-electron chi connectivity index (χ3n) is 7.59. The monoisotopic (exact) mass is 329 g/mol. The average molecular weight is 329 g/mol. The van der Waals surface area contributed by atoms with E-state index in [2.05, 4.69) is 13.0 Å². The maximum atomic E-state index is 10.5. The minimum Gasteiger partial charge on any atom is -0.508 e. The second-order valence-corrected chi connectivity index (χ2v) is 8.58. The van der Waals surface area contributed by atoms with Crippen LogP contribution in [0.2, 0.25) is 0 Å². The number of aliphatic hydroxyl groups excluding tert-OH is 1. The summed E-state index contributed by atoms with van der Waals surface area (Å²) in [6.07, 6.45) is 8.50. The highest BCUT2D eigenvalue weighted by Gasteiger charge is 2.54. The Kier molecular flexibility index (Phi) is 4.12. The van der Waals surface area contributed by atoms with Crippen LogP contribution >= 0.6 is 0 Å². The van der Waals surface area contributed by atoms with Gasteiger partial charge < -0.3 is 15.9 Å². The van der Waals surface area contributed by atoms with Crippen molar-refractivity contribution < 1.29 is 10.2 Å². The first-order valence-electron chi connectivity index (χ1n) is 9.78. The molecule has 4 N–H and O–H groups in total. The summed E-state index contributed by atoms with van der Waals surface area (Å²) >= 11 is 0. The Bertz CT molecular complexity index is 629. The molecule has 0 bridgehead atoms. The summed E-state index contributed by atoms with van der Waals surface area (Å²) in [6.45, 7) is 3.00. The van der Waals surface area contributed by atoms with Gasteiger partial charge in [0.25, 0.3) is 0 Å². The normalized spacial score (nSPS) is 37.6. The number of nitrogens with two attached hydrogens (primary N) is 1. The fourth-order valence-corrected chi connectivity index (χ4v) is 6.26. The van der Waals surface area contributed by atoms with E-state index < -0.39 is 0 Å². The molecule has 0 radical (unpaired) electrons. The van der Waals surface area contributed by atoms with Crippen molar-refractivity contribution in [3.8, 4) is 5.75 Å². The van der Waals surface area contributed by atoms with Gasteiger partial charge in [-0.2, -0.15) is 0 Å². The van der Waals surface area contributed by atoms with Crippen molar-refractivity contribution in [2.75, 3.05) is 6.54 Å². The number of benzene rings is 1. The topological polar surface area (TPSA) is 66.5 Å². The zero-order chi connectivity index (χ0) is 16.9. The van der Waals surface area contributed by atoms with Gasteiger partial charge in [0.2, 0.25) is 0 Å². The zero-order valence-corrected chi connectivity index (χ0v) is 14.8. The van der Waals surface area contributed by atoms with E-state index in [0.717, 1.165) is 37.7 Å². The molecule has 5 atom stereocenters. The van der Waals surface area contributed by atoms with Crippen molar-refractivity contribution in [1.29, 1.82) is 0 Å². The number of fused-ring (bicyclic) bond motifs is 5. The summed E-state index contributed by atoms with van der Waals surface area (Å²) in [5.41, 5.74) is 9.87. The largest absolute Gasteiger partial charge is 0.508 e. The first kappa shape index (κ1) is 16.4. The molecule has 3 heteroatoms. The Balaban J connectivity index is 1.68. The van der Waals surface area contributed by atoms with Gasteiger partial charge in [-0.05, 0) is 104 Å². The van der Waals surface area contributed by atoms with Gasteiger partial charge in [0.1, 0.15) is 5.75 Å². The van der Waals surface area contributed by atoms with E-state index >= 15 is 0 Å². The van der Waals surface area contributed by atoms with Gasteiger partial charge >= 0.3 is 0 Å². The number of aliphatic hydroxyl groups is 1. The summed E-state index contributed by atoms with van der Waals surface area (Å²) in [6, 6.07) is 4.09. The summed E-state index contributed by atoms with van der Waals surface area (Å²) in [5, 5.41) is 20.8. The molecule has 0 aliphatic heterocycles. The molecule has 0 unspecified atom stereocenters. The van der Waals surface area contributed by atoms with E-state index in [1.165, 1.54) is 30.4 Å². The summed E-state index contributed by atoms with van der Waals surface area (Å²) in [5.74, 6) is 2.45. The summed E-state index contributed by atoms with van der Waals surface area (Å²) < 4.78 is 0. The Morgan fingerprint density at radius 2 is 2.04 bits per heavy atom. The highest BCUT2D eigenvalue weighted by Crippen LogP contribution is 2.61. The molecule has 3 nitrogen and oxygen atoms in total. The molecule has 2 fully saturated rings. The third-order valence-corrected chi connectivity index (χ3v) is 7.59. The average Bonchev–Trinajstić information content (AvgIpc) is 2.89. The molecular weight excluding hydrogens is 298 g/mol. The molecule has 0 aromatic heterocycles. The van der Waals surface area contributed by atoms with Gasteiger partial charge in [-0.25, -0.2) is 0 Å². The number of hydrogen-bond donors (Lipinski definition) is 3. The number of phenolic OH excluding ortho intramolecular Hbond substituents is 1. The van der Waals surface area contributed by atoms with Crippen molar-refractivity contribution in [2.24, 2.45) is 23.0 Å². The molecular formula is C21H31NO2. The maximum absolute atomic E-state index is 10.5. The van der Waals surface area contributed by atoms with E-state index in [0.29, 0.717) is 30.0 Å². The number of rotatable bonds is 3. The van der Waals surface area contributed by atoms with Crippen molar-refractivity contribution >= 4 is 0 Å². The lowest BCUT2D eigenvalue weighted by Crippen LogP contribution is -2.44. The lowest BCUT2D eigenvalue weighted by Gasteiger charge is -2.50. The molecule has 0 spiro atoms. The van der Waals surface area contributed by atoms with Gasteiger partial charge in [-0.3, -0.25) is 0 Å². The fourth-order valence-electron chi connectivity index (χ4n) is 6.26. The predicted molar refractivity (Wildman–Crippen MR) is 96.1 cm³/mol. The van der Waals surface area contributed by atoms with Crippen LogP contribution in [0, 0.1) is 17.3 Å². The molecule has 2 saturated carbocycles. The van der Waals surface area contributed by atoms with E-state index in [4.69, 9.17) is 5.73 Å². The molecule has 1 aromatic carbocycles. The standard InChI is InChI=1S/C21H31NO2/c1-21-11-10-15-13-6-8-19(23)17(3-2-12-22)14(13)4-5-16(15)18(21)7-9-20(21)24/h6,8,15-16,18,20,23-24H,2-5,7,9-12,22H2,1H3/t15-,16-,18+,20+,21+/m1/s1. The van der Waals surface area contributed by atoms with Crippen molar-refractivity contribution in [1.82, 2.24) is 0 Å². The van der Waals surface area contributed by atoms with Crippen molar-refractivity contribution in [3.63, 3.8) is 0 Å². The molecule has 0 saturated heterocycles. The van der Waals surface area contributed by atoms with Crippen LogP contribution in [0.4, 0.5) is 0 Å². The SMILES string of the molecule is C[C@]12CC[C@@H]3c4ccc(O)c(CCCN)c4CC[C@H]3[C@@H]1CC[C@@H]2O. The highest BCUT2D eigenvalue weighted by molar-refractivity contribution is 5.48. The second kappa shape index (κ2) is 6.03. The van der Waals surface area contributed by atoms with Crippen LogP contribution in [0.5, 0.6) is 5.75 Å². The van der Waals surface area contributed by atoms with Gasteiger partial charge in [0.05, 0.1) is 6.10 Å². The highest BCUT2D eigenvalue weighted by atomic mass is 16.3. The van der Waals surface area contributed by atoms with Crippen molar-refractivity contribution in [3.05, 3.63) is 28.8 Å². The fraction of sp³-hybridized carbons (Fsp3) is 0.714. The Morgan fingerprint density at radius 1 is 1.21 bits per heavy atom. The van der Waals surface area contributed by atoms with Crippen LogP contribution in [0.25, 0.3) is 0 Å². The van der Waals surface area contributed by atoms with E-state index in [1.807, 2.05) is 6.07 Å². The van der Waals surface area contributed by atoms with Crippen LogP contribution in [0.1, 0.15) is 68.1 Å². The van der Waals surface area contributed by atoms with Gasteiger partial charge in [0, 0.05) is 0 Å². The molecule has 0 amide bonds. The minimum atomic E-state index is -0.107. The van der Waals surface area contributed by atoms with Crippen LogP contribution < -0.4 is 5.73 Å². The van der Waals surface area contributed by atoms with Gasteiger partial charge in [0.15, 0.2) is 0 Å². The lowest BCUT2D eigenvalue weighted by atomic mass is 9.55. The lowest BCUT2D eigenvalue weighted by molar-refractivity contribution is -0.0226. The molecule has 3 aliphatic rings. The number of phenols is 1. The first-order chi connectivity index (χ1) is 11.6. The van der Waals surface area contributed by atoms with Crippen molar-refractivity contribution in [2.45, 2.75) is 70.3 Å². The predicted octanol–water partition coefficient (Wildman–Crippen LogP) is 3.50. The Hall–Kier alpha value is -1.06. The first-order valence-corrected chi connectivity index (χ1v) is 9.78. The molecule has 132 valence electrons. The molecule has 1 aromatic rings. The minimum absolute atomic E-state index is 0.107. The summed E-state index contributed by atoms with van der Waals surface area (Å²) in [7, 11) is 0. The molecule has 0 heterocycles. The van der Waals surface area contributed by atoms with Gasteiger partial charge in [-0.1, -0.05) is 13.0 Å². The van der Waals surface area contributed by atoms with E-state index in [1.54, 1.807) is 0 Å². The molecule has 4 rings (SSSR count). The number of aromatic hydroxyl groups is 1. The van der Waals surface area contributed by atoms with Crippen LogP contribution in [-0.2, 0) is 12.8 Å². The van der Waals surface area contributed by atoms with Gasteiger partial charge in [-0.15, -0.1) is 0 Å². The molecule has 24 heavy (non-hydrogen) atoms. The number of hydrogen-bond acceptors (Lipinski definition) is 3. The quantitative estimate of drug-likeness (QED) is 0.795. The maximum Gasteiger partial charge on any atom is 0.119 e. The third kappa shape index (κ3) is 2.32. The van der Waals surface area contributed by atoms with Crippen LogP contribution in [0.3, 0.4) is 0 Å². The second-order valence-electron chi connectivity index (χ2n) is 8.58. The van der Waals surface area contributed by atoms with E-state index in [9.17, 15) is 10.2 Å². The Labute approximate surface area is 145 Å². The molecule has 3 aliphatic carbocycles. The zero-order valence-electron chi connectivity index (χ0n) is 14.8.